The van der Waals surface area contributed by atoms with Crippen LogP contribution in [-0.4, -0.2) is 359 Å². The summed E-state index contributed by atoms with van der Waals surface area (Å²) in [6.07, 6.45) is -25.1. The molecule has 94 heavy (non-hydrogen) atoms. The number of carbonyl (C=O) groups is 7. The van der Waals surface area contributed by atoms with Crippen LogP contribution in [0, 0.1) is 5.41 Å². The van der Waals surface area contributed by atoms with Gasteiger partial charge in [0, 0.05) is 31.6 Å². The Kier molecular flexibility index (Phi) is 53.1. The van der Waals surface area contributed by atoms with Crippen molar-refractivity contribution < 1.29 is 155 Å². The Morgan fingerprint density at radius 2 is 0.479 bits per heavy atom. The van der Waals surface area contributed by atoms with E-state index in [1.54, 1.807) is 0 Å². The van der Waals surface area contributed by atoms with Crippen LogP contribution in [-0.2, 0) is 95.1 Å². The molecule has 0 aromatic heterocycles. The van der Waals surface area contributed by atoms with E-state index in [1.807, 2.05) is 0 Å². The summed E-state index contributed by atoms with van der Waals surface area (Å²) in [5.74, 6) is -8.20. The molecule has 0 aromatic rings. The normalized spacial score (nSPS) is 12.0. The van der Waals surface area contributed by atoms with E-state index < -0.39 is 137 Å². The maximum absolute atomic E-state index is 14.3. The SMILES string of the molecule is O=C(CN(CC(=O)NCCOCCOCCOCCO)C(=O)CN(CC(=O)N(CC(=O)NCCOCCOCCOCCO)CC(=O)NCCOCCOCCOCCO)C(=O)COCC(CC(F)(F)F)(CC(F)(F)F)CC(F)(F)F)NCCOCCOCCOCCO. The van der Waals surface area contributed by atoms with E-state index in [0.29, 0.717) is 9.80 Å². The first-order valence-corrected chi connectivity index (χ1v) is 29.8. The summed E-state index contributed by atoms with van der Waals surface area (Å²) in [5, 5.41) is 44.9. The van der Waals surface area contributed by atoms with Crippen molar-refractivity contribution in [2.24, 2.45) is 5.41 Å². The first-order valence-electron chi connectivity index (χ1n) is 29.8. The van der Waals surface area contributed by atoms with Crippen LogP contribution in [0.1, 0.15) is 19.3 Å². The number of amides is 7. The van der Waals surface area contributed by atoms with E-state index in [0.717, 1.165) is 0 Å². The Morgan fingerprint density at radius 1 is 0.277 bits per heavy atom. The van der Waals surface area contributed by atoms with E-state index in [1.165, 1.54) is 0 Å². The van der Waals surface area contributed by atoms with Crippen molar-refractivity contribution in [3.05, 3.63) is 0 Å². The lowest BCUT2D eigenvalue weighted by molar-refractivity contribution is -0.235. The first-order chi connectivity index (χ1) is 44.8. The number of alkyl halides is 9. The summed E-state index contributed by atoms with van der Waals surface area (Å²) < 4.78 is 192. The van der Waals surface area contributed by atoms with Crippen molar-refractivity contribution in [3.8, 4) is 0 Å². The Labute approximate surface area is 538 Å². The van der Waals surface area contributed by atoms with E-state index in [2.05, 4.69) is 21.3 Å². The fraction of sp³-hybridized carbons (Fsp3) is 0.870. The van der Waals surface area contributed by atoms with Gasteiger partial charge in [0.05, 0.1) is 211 Å². The van der Waals surface area contributed by atoms with E-state index in [-0.39, 0.29) is 216 Å². The van der Waals surface area contributed by atoms with Crippen LogP contribution in [0.5, 0.6) is 0 Å². The summed E-state index contributed by atoms with van der Waals surface area (Å²) in [4.78, 5) is 97.6. The van der Waals surface area contributed by atoms with Crippen LogP contribution in [0.25, 0.3) is 0 Å². The van der Waals surface area contributed by atoms with Gasteiger partial charge in [-0.2, -0.15) is 39.5 Å². The van der Waals surface area contributed by atoms with Gasteiger partial charge in [0.25, 0.3) is 0 Å². The van der Waals surface area contributed by atoms with Gasteiger partial charge in [0.1, 0.15) is 45.9 Å². The molecule has 0 unspecified atom stereocenters. The summed E-state index contributed by atoms with van der Waals surface area (Å²) in [5.41, 5.74) is -3.81. The van der Waals surface area contributed by atoms with Gasteiger partial charge in [-0.05, 0) is 0 Å². The summed E-state index contributed by atoms with van der Waals surface area (Å²) in [6.45, 7) is -10.1. The van der Waals surface area contributed by atoms with Crippen molar-refractivity contribution in [1.29, 1.82) is 0 Å². The highest BCUT2D eigenvalue weighted by Crippen LogP contribution is 2.48. The molecule has 0 fully saturated rings. The lowest BCUT2D eigenvalue weighted by atomic mass is 9.78. The minimum atomic E-state index is -5.66. The number of hydrogen-bond acceptors (Lipinski definition) is 24. The fourth-order valence-corrected chi connectivity index (χ4v) is 7.68. The Morgan fingerprint density at radius 3 is 0.691 bits per heavy atom. The smallest absolute Gasteiger partial charge is 0.389 e. The number of nitrogens with one attached hydrogen (secondary N) is 4. The summed E-state index contributed by atoms with van der Waals surface area (Å²) in [6, 6.07) is 0. The van der Waals surface area contributed by atoms with Gasteiger partial charge in [-0.1, -0.05) is 0 Å². The number of hydrogen-bond donors (Lipinski definition) is 8. The number of carbonyl (C=O) groups excluding carboxylic acids is 7. The zero-order valence-electron chi connectivity index (χ0n) is 52.6. The molecular weight excluding hydrogens is 1300 g/mol. The molecule has 31 nitrogen and oxygen atoms in total. The number of aliphatic hydroxyl groups excluding tert-OH is 4. The molecule has 0 saturated heterocycles. The quantitative estimate of drug-likeness (QED) is 0.0222. The Bertz CT molecular complexity index is 1780. The molecule has 0 bridgehead atoms. The highest BCUT2D eigenvalue weighted by molar-refractivity contribution is 5.95. The lowest BCUT2D eigenvalue weighted by Gasteiger charge is -2.36. The molecular formula is C54H94F9N7O24. The number of aliphatic hydroxyl groups is 4. The number of ether oxygens (including phenoxy) is 13. The van der Waals surface area contributed by atoms with Crippen LogP contribution >= 0.6 is 0 Å². The summed E-state index contributed by atoms with van der Waals surface area (Å²) >= 11 is 0. The van der Waals surface area contributed by atoms with Crippen molar-refractivity contribution in [2.45, 2.75) is 37.8 Å². The molecule has 0 spiro atoms. The third kappa shape index (κ3) is 55.1. The number of halogens is 9. The molecule has 40 heteroatoms. The molecule has 0 rings (SSSR count). The molecule has 8 N–H and O–H groups in total. The highest BCUT2D eigenvalue weighted by Gasteiger charge is 2.54. The maximum atomic E-state index is 14.3. The fourth-order valence-electron chi connectivity index (χ4n) is 7.68. The standard InChI is InChI=1S/C54H94F9N7O24/c55-52(56,57)40-51(41-53(58,59)60,42-54(61,62)63)43-94-39-50(81)70(37-48(79)68(33-44(75)64-1-9-82-17-25-90-29-21-86-13-5-71)34-45(76)65-2-10-83-18-26-91-30-22-87-14-6-72)38-49(80)69(35-46(77)66-3-11-84-19-27-92-31-23-88-15-7-73)36-47(78)67-4-12-85-20-28-93-32-24-89-16-8-74/h71-74H,1-43H2,(H,64,75)(H,65,76)(H,66,77)(H,67,78). The van der Waals surface area contributed by atoms with Crippen LogP contribution in [0.4, 0.5) is 39.5 Å². The predicted molar refractivity (Wildman–Crippen MR) is 305 cm³/mol. The van der Waals surface area contributed by atoms with Crippen LogP contribution in [0.15, 0.2) is 0 Å². The van der Waals surface area contributed by atoms with Crippen molar-refractivity contribution >= 4 is 41.4 Å². The molecule has 552 valence electrons. The molecule has 0 heterocycles. The Balaban J connectivity index is 6.98. The van der Waals surface area contributed by atoms with Crippen LogP contribution in [0.2, 0.25) is 0 Å². The number of rotatable bonds is 63. The predicted octanol–water partition coefficient (Wildman–Crippen LogP) is -3.03. The average Bonchev–Trinajstić information content (AvgIpc) is 0.816. The van der Waals surface area contributed by atoms with Gasteiger partial charge in [0.2, 0.25) is 41.4 Å². The molecule has 0 radical (unpaired) electrons. The van der Waals surface area contributed by atoms with E-state index >= 15 is 0 Å². The zero-order chi connectivity index (χ0) is 70.2. The zero-order valence-corrected chi connectivity index (χ0v) is 52.6. The Hall–Kier alpha value is -5.02. The highest BCUT2D eigenvalue weighted by atomic mass is 19.4. The maximum Gasteiger partial charge on any atom is 0.389 e. The van der Waals surface area contributed by atoms with Gasteiger partial charge in [0.15, 0.2) is 0 Å². The minimum absolute atomic E-state index is 0.0400. The second-order valence-corrected chi connectivity index (χ2v) is 19.8. The van der Waals surface area contributed by atoms with E-state index in [9.17, 15) is 73.1 Å². The largest absolute Gasteiger partial charge is 0.394 e. The molecule has 0 aromatic carbocycles. The first kappa shape index (κ1) is 89.0. The van der Waals surface area contributed by atoms with Crippen LogP contribution < -0.4 is 21.3 Å². The monoisotopic (exact) mass is 1400 g/mol. The van der Waals surface area contributed by atoms with E-state index in [4.69, 9.17) is 82.0 Å². The van der Waals surface area contributed by atoms with Gasteiger partial charge < -0.3 is 118 Å². The number of nitrogens with zero attached hydrogens (tertiary/aromatic N) is 3. The second-order valence-electron chi connectivity index (χ2n) is 19.8. The molecule has 7 amide bonds. The third-order valence-electron chi connectivity index (χ3n) is 11.6. The van der Waals surface area contributed by atoms with Gasteiger partial charge in [-0.3, -0.25) is 33.6 Å². The molecule has 0 saturated carbocycles. The van der Waals surface area contributed by atoms with Crippen molar-refractivity contribution in [3.63, 3.8) is 0 Å². The second kappa shape index (κ2) is 56.0. The molecule has 0 aliphatic rings. The lowest BCUT2D eigenvalue weighted by Crippen LogP contribution is -2.54. The topological polar surface area (TPSA) is 378 Å². The molecule has 0 aliphatic heterocycles. The summed E-state index contributed by atoms with van der Waals surface area (Å²) in [7, 11) is 0. The molecule has 0 aliphatic carbocycles. The van der Waals surface area contributed by atoms with Gasteiger partial charge in [-0.25, -0.2) is 0 Å². The van der Waals surface area contributed by atoms with Gasteiger partial charge in [-0.15, -0.1) is 0 Å². The molecule has 0 atom stereocenters. The third-order valence-corrected chi connectivity index (χ3v) is 11.6. The van der Waals surface area contributed by atoms with Gasteiger partial charge >= 0.3 is 18.5 Å². The van der Waals surface area contributed by atoms with Crippen molar-refractivity contribution in [2.75, 3.05) is 264 Å². The van der Waals surface area contributed by atoms with Crippen molar-refractivity contribution in [1.82, 2.24) is 36.0 Å². The average molecular weight is 1400 g/mol. The minimum Gasteiger partial charge on any atom is -0.394 e. The van der Waals surface area contributed by atoms with Crippen LogP contribution in [0.3, 0.4) is 0 Å².